The summed E-state index contributed by atoms with van der Waals surface area (Å²) < 4.78 is 11.2. The van der Waals surface area contributed by atoms with E-state index in [4.69, 9.17) is 9.26 Å². The maximum Gasteiger partial charge on any atom is 0.317 e. The Hall–Kier alpha value is -2.57. The summed E-state index contributed by atoms with van der Waals surface area (Å²) in [4.78, 5) is 18.2. The molecule has 1 atom stereocenters. The minimum atomic E-state index is -0.0156. The second kappa shape index (κ2) is 6.97. The fourth-order valence-electron chi connectivity index (χ4n) is 2.81. The molecule has 1 aromatic carbocycles. The van der Waals surface area contributed by atoms with Gasteiger partial charge in [0.2, 0.25) is 11.7 Å². The Kier molecular flexibility index (Phi) is 4.53. The lowest BCUT2D eigenvalue weighted by Crippen LogP contribution is -2.59. The number of likely N-dealkylation sites (tertiary alicyclic amines) is 1. The van der Waals surface area contributed by atoms with Crippen molar-refractivity contribution in [1.29, 1.82) is 0 Å². The van der Waals surface area contributed by atoms with E-state index in [-0.39, 0.29) is 18.2 Å². The van der Waals surface area contributed by atoms with Crippen LogP contribution in [0.1, 0.15) is 44.9 Å². The van der Waals surface area contributed by atoms with Gasteiger partial charge in [0.1, 0.15) is 11.9 Å². The Balaban J connectivity index is 1.28. The lowest BCUT2D eigenvalue weighted by molar-refractivity contribution is 0.0436. The molecule has 0 spiro atoms. The minimum absolute atomic E-state index is 0.0156. The molecule has 1 aromatic heterocycles. The number of hydrogen-bond donors (Lipinski definition) is 1. The van der Waals surface area contributed by atoms with E-state index in [2.05, 4.69) is 22.4 Å². The normalized spacial score (nSPS) is 18.3. The number of hydrogen-bond acceptors (Lipinski definition) is 5. The Bertz CT molecular complexity index is 763. The first-order valence-electron chi connectivity index (χ1n) is 9.28. The molecule has 1 aliphatic carbocycles. The molecule has 1 saturated carbocycles. The van der Waals surface area contributed by atoms with Gasteiger partial charge in [-0.15, -0.1) is 0 Å². The summed E-state index contributed by atoms with van der Waals surface area (Å²) >= 11 is 0. The van der Waals surface area contributed by atoms with Crippen LogP contribution in [0.15, 0.2) is 28.8 Å². The van der Waals surface area contributed by atoms with Crippen molar-refractivity contribution in [2.24, 2.45) is 0 Å². The maximum absolute atomic E-state index is 12.0. The number of carbonyl (C=O) groups excluding carboxylic acids is 1. The van der Waals surface area contributed by atoms with Gasteiger partial charge >= 0.3 is 6.03 Å². The zero-order chi connectivity index (χ0) is 18.1. The Morgan fingerprint density at radius 3 is 2.73 bits per heavy atom. The number of ether oxygens (including phenoxy) is 1. The van der Waals surface area contributed by atoms with Crippen molar-refractivity contribution in [3.05, 3.63) is 30.2 Å². The van der Waals surface area contributed by atoms with Gasteiger partial charge in [0.05, 0.1) is 13.1 Å². The first kappa shape index (κ1) is 16.9. The number of rotatable bonds is 6. The fraction of sp³-hybridized carbons (Fsp3) is 0.526. The number of amides is 2. The largest absolute Gasteiger partial charge is 0.487 e. The maximum atomic E-state index is 12.0. The summed E-state index contributed by atoms with van der Waals surface area (Å²) in [6.07, 6.45) is 3.24. The fourth-order valence-corrected chi connectivity index (χ4v) is 2.81. The van der Waals surface area contributed by atoms with E-state index in [0.29, 0.717) is 24.8 Å². The van der Waals surface area contributed by atoms with Gasteiger partial charge in [-0.2, -0.15) is 4.98 Å². The third kappa shape index (κ3) is 3.66. The van der Waals surface area contributed by atoms with Crippen LogP contribution in [0.5, 0.6) is 5.75 Å². The number of nitrogens with zero attached hydrogens (tertiary/aromatic N) is 3. The van der Waals surface area contributed by atoms with Crippen LogP contribution >= 0.6 is 0 Å². The van der Waals surface area contributed by atoms with E-state index in [1.54, 1.807) is 4.90 Å². The Morgan fingerprint density at radius 1 is 1.35 bits per heavy atom. The van der Waals surface area contributed by atoms with Gasteiger partial charge in [0, 0.05) is 17.5 Å². The zero-order valence-electron chi connectivity index (χ0n) is 15.1. The number of nitrogens with one attached hydrogen (secondary N) is 1. The number of aromatic nitrogens is 2. The zero-order valence-corrected chi connectivity index (χ0v) is 15.1. The SMILES string of the molecule is CCC(C)NC(=O)N1CC(Oc2ccc(-c3noc(C4CC4)n3)cc2)C1. The third-order valence-corrected chi connectivity index (χ3v) is 4.90. The quantitative estimate of drug-likeness (QED) is 0.860. The van der Waals surface area contributed by atoms with E-state index in [9.17, 15) is 4.79 Å². The van der Waals surface area contributed by atoms with Crippen molar-refractivity contribution in [2.75, 3.05) is 13.1 Å². The number of benzene rings is 1. The molecule has 1 saturated heterocycles. The van der Waals surface area contributed by atoms with Crippen LogP contribution in [0.3, 0.4) is 0 Å². The van der Waals surface area contributed by atoms with Crippen molar-refractivity contribution >= 4 is 6.03 Å². The topological polar surface area (TPSA) is 80.5 Å². The Morgan fingerprint density at radius 2 is 2.08 bits per heavy atom. The van der Waals surface area contributed by atoms with Crippen LogP contribution in [-0.2, 0) is 0 Å². The third-order valence-electron chi connectivity index (χ3n) is 4.90. The van der Waals surface area contributed by atoms with Crippen molar-refractivity contribution in [1.82, 2.24) is 20.4 Å². The predicted octanol–water partition coefficient (Wildman–Crippen LogP) is 3.19. The van der Waals surface area contributed by atoms with Gasteiger partial charge in [-0.3, -0.25) is 0 Å². The summed E-state index contributed by atoms with van der Waals surface area (Å²) in [6, 6.07) is 7.86. The molecule has 0 radical (unpaired) electrons. The summed E-state index contributed by atoms with van der Waals surface area (Å²) in [7, 11) is 0. The van der Waals surface area contributed by atoms with Crippen molar-refractivity contribution in [3.8, 4) is 17.1 Å². The average Bonchev–Trinajstić information content (AvgIpc) is 3.35. The molecule has 2 fully saturated rings. The van der Waals surface area contributed by atoms with Crippen LogP contribution < -0.4 is 10.1 Å². The minimum Gasteiger partial charge on any atom is -0.487 e. The average molecular weight is 356 g/mol. The van der Waals surface area contributed by atoms with E-state index in [1.165, 1.54) is 0 Å². The van der Waals surface area contributed by atoms with Gasteiger partial charge in [-0.25, -0.2) is 4.79 Å². The number of urea groups is 1. The van der Waals surface area contributed by atoms with Crippen molar-refractivity contribution in [2.45, 2.75) is 51.2 Å². The highest BCUT2D eigenvalue weighted by molar-refractivity contribution is 5.75. The predicted molar refractivity (Wildman–Crippen MR) is 96.0 cm³/mol. The van der Waals surface area contributed by atoms with Crippen molar-refractivity contribution < 1.29 is 14.1 Å². The first-order chi connectivity index (χ1) is 12.6. The lowest BCUT2D eigenvalue weighted by atomic mass is 10.1. The molecule has 26 heavy (non-hydrogen) atoms. The second-order valence-corrected chi connectivity index (χ2v) is 7.16. The molecule has 1 aliphatic heterocycles. The van der Waals surface area contributed by atoms with Crippen LogP contribution in [0, 0.1) is 0 Å². The molecule has 2 heterocycles. The molecule has 7 nitrogen and oxygen atoms in total. The summed E-state index contributed by atoms with van der Waals surface area (Å²) in [5, 5.41) is 7.01. The highest BCUT2D eigenvalue weighted by Gasteiger charge is 2.33. The van der Waals surface area contributed by atoms with Crippen LogP contribution in [0.4, 0.5) is 4.79 Å². The van der Waals surface area contributed by atoms with Gasteiger partial charge in [-0.1, -0.05) is 12.1 Å². The molecule has 2 aliphatic rings. The van der Waals surface area contributed by atoms with Crippen molar-refractivity contribution in [3.63, 3.8) is 0 Å². The van der Waals surface area contributed by atoms with Crippen LogP contribution in [-0.4, -0.2) is 46.3 Å². The lowest BCUT2D eigenvalue weighted by Gasteiger charge is -2.39. The van der Waals surface area contributed by atoms with E-state index in [1.807, 2.05) is 31.2 Å². The molecule has 1 unspecified atom stereocenters. The molecule has 0 bridgehead atoms. The smallest absolute Gasteiger partial charge is 0.317 e. The number of carbonyl (C=O) groups is 1. The summed E-state index contributed by atoms with van der Waals surface area (Å²) in [5.41, 5.74) is 0.913. The summed E-state index contributed by atoms with van der Waals surface area (Å²) in [6.45, 7) is 5.28. The molecule has 138 valence electrons. The molecule has 2 aromatic rings. The highest BCUT2D eigenvalue weighted by Crippen LogP contribution is 2.39. The molecule has 2 amide bonds. The molecule has 7 heteroatoms. The molecule has 1 N–H and O–H groups in total. The molecule has 4 rings (SSSR count). The van der Waals surface area contributed by atoms with Gasteiger partial charge in [0.15, 0.2) is 0 Å². The molecular formula is C19H24N4O3. The molecular weight excluding hydrogens is 332 g/mol. The Labute approximate surface area is 152 Å². The second-order valence-electron chi connectivity index (χ2n) is 7.16. The van der Waals surface area contributed by atoms with Gasteiger partial charge in [0.25, 0.3) is 0 Å². The van der Waals surface area contributed by atoms with E-state index >= 15 is 0 Å². The van der Waals surface area contributed by atoms with Gasteiger partial charge < -0.3 is 19.5 Å². The first-order valence-corrected chi connectivity index (χ1v) is 9.28. The van der Waals surface area contributed by atoms with Gasteiger partial charge in [-0.05, 0) is 50.5 Å². The van der Waals surface area contributed by atoms with Crippen LogP contribution in [0.25, 0.3) is 11.4 Å². The van der Waals surface area contributed by atoms with E-state index in [0.717, 1.165) is 36.5 Å². The summed E-state index contributed by atoms with van der Waals surface area (Å²) in [5.74, 6) is 2.60. The highest BCUT2D eigenvalue weighted by atomic mass is 16.5. The van der Waals surface area contributed by atoms with E-state index < -0.39 is 0 Å². The van der Waals surface area contributed by atoms with Crippen LogP contribution in [0.2, 0.25) is 0 Å². The monoisotopic (exact) mass is 356 g/mol. The standard InChI is InChI=1S/C19H24N4O3/c1-3-12(2)20-19(24)23-10-16(11-23)25-15-8-6-13(7-9-15)17-21-18(26-22-17)14-4-5-14/h6-9,12,14,16H,3-5,10-11H2,1-2H3,(H,20,24).